The molecular formula is C14H26ClN3O3. The number of piperazine rings is 1. The first-order valence-corrected chi connectivity index (χ1v) is 7.47. The number of nitrogens with zero attached hydrogens (tertiary/aromatic N) is 2. The maximum atomic E-state index is 12.1. The van der Waals surface area contributed by atoms with Crippen molar-refractivity contribution >= 4 is 24.2 Å². The van der Waals surface area contributed by atoms with E-state index in [0.29, 0.717) is 13.1 Å². The van der Waals surface area contributed by atoms with Crippen LogP contribution in [0.2, 0.25) is 0 Å². The SMILES string of the molecule is CC(C)OCC(=O)N1CCCC(N2CCNCC2=O)C1.Cl. The van der Waals surface area contributed by atoms with Gasteiger partial charge in [0.05, 0.1) is 12.6 Å². The molecule has 0 bridgehead atoms. The Balaban J connectivity index is 0.00000220. The van der Waals surface area contributed by atoms with E-state index in [9.17, 15) is 9.59 Å². The van der Waals surface area contributed by atoms with E-state index in [2.05, 4.69) is 5.32 Å². The Morgan fingerprint density at radius 2 is 2.19 bits per heavy atom. The van der Waals surface area contributed by atoms with Crippen LogP contribution in [0.4, 0.5) is 0 Å². The molecule has 0 spiro atoms. The highest BCUT2D eigenvalue weighted by molar-refractivity contribution is 5.85. The lowest BCUT2D eigenvalue weighted by Gasteiger charge is -2.41. The van der Waals surface area contributed by atoms with Crippen molar-refractivity contribution in [2.75, 3.05) is 39.3 Å². The summed E-state index contributed by atoms with van der Waals surface area (Å²) < 4.78 is 5.38. The van der Waals surface area contributed by atoms with Crippen LogP contribution in [0.15, 0.2) is 0 Å². The first-order chi connectivity index (χ1) is 9.58. The summed E-state index contributed by atoms with van der Waals surface area (Å²) in [7, 11) is 0. The van der Waals surface area contributed by atoms with Crippen molar-refractivity contribution in [2.45, 2.75) is 38.8 Å². The fourth-order valence-corrected chi connectivity index (χ4v) is 2.77. The number of nitrogens with one attached hydrogen (secondary N) is 1. The summed E-state index contributed by atoms with van der Waals surface area (Å²) >= 11 is 0. The van der Waals surface area contributed by atoms with Crippen molar-refractivity contribution < 1.29 is 14.3 Å². The molecule has 1 atom stereocenters. The van der Waals surface area contributed by atoms with Crippen LogP contribution in [-0.4, -0.2) is 73.1 Å². The van der Waals surface area contributed by atoms with Crippen LogP contribution in [0.1, 0.15) is 26.7 Å². The standard InChI is InChI=1S/C14H25N3O3.ClH/c1-11(2)20-10-14(19)16-6-3-4-12(9-16)17-7-5-15-8-13(17)18;/h11-12,15H,3-10H2,1-2H3;1H. The average Bonchev–Trinajstić information content (AvgIpc) is 2.45. The van der Waals surface area contributed by atoms with Crippen LogP contribution in [-0.2, 0) is 14.3 Å². The second kappa shape index (κ2) is 8.56. The number of amides is 2. The Labute approximate surface area is 132 Å². The van der Waals surface area contributed by atoms with Gasteiger partial charge in [0.25, 0.3) is 0 Å². The van der Waals surface area contributed by atoms with E-state index in [1.807, 2.05) is 23.6 Å². The first kappa shape index (κ1) is 18.2. The molecule has 0 aromatic carbocycles. The van der Waals surface area contributed by atoms with E-state index < -0.39 is 0 Å². The molecule has 122 valence electrons. The molecule has 21 heavy (non-hydrogen) atoms. The predicted molar refractivity (Wildman–Crippen MR) is 82.5 cm³/mol. The predicted octanol–water partition coefficient (Wildman–Crippen LogP) is 0.256. The maximum absolute atomic E-state index is 12.1. The number of hydrogen-bond acceptors (Lipinski definition) is 4. The number of hydrogen-bond donors (Lipinski definition) is 1. The third-order valence-electron chi connectivity index (χ3n) is 3.86. The van der Waals surface area contributed by atoms with Gasteiger partial charge in [-0.05, 0) is 26.7 Å². The highest BCUT2D eigenvalue weighted by Crippen LogP contribution is 2.17. The normalized spacial score (nSPS) is 23.2. The summed E-state index contributed by atoms with van der Waals surface area (Å²) in [6.45, 7) is 7.40. The van der Waals surface area contributed by atoms with Crippen LogP contribution in [0.5, 0.6) is 0 Å². The smallest absolute Gasteiger partial charge is 0.248 e. The average molecular weight is 320 g/mol. The second-order valence-electron chi connectivity index (χ2n) is 5.76. The Morgan fingerprint density at radius 3 is 2.86 bits per heavy atom. The molecule has 6 nitrogen and oxygen atoms in total. The monoisotopic (exact) mass is 319 g/mol. The topological polar surface area (TPSA) is 61.9 Å². The molecule has 0 aromatic rings. The molecular weight excluding hydrogens is 294 g/mol. The summed E-state index contributed by atoms with van der Waals surface area (Å²) in [4.78, 5) is 27.8. The maximum Gasteiger partial charge on any atom is 0.248 e. The van der Waals surface area contributed by atoms with Crippen molar-refractivity contribution in [3.63, 3.8) is 0 Å². The summed E-state index contributed by atoms with van der Waals surface area (Å²) in [6.07, 6.45) is 2.00. The minimum atomic E-state index is 0. The molecule has 0 saturated carbocycles. The number of carbonyl (C=O) groups is 2. The minimum absolute atomic E-state index is 0. The summed E-state index contributed by atoms with van der Waals surface area (Å²) in [5.41, 5.74) is 0. The first-order valence-electron chi connectivity index (χ1n) is 7.47. The van der Waals surface area contributed by atoms with Crippen LogP contribution >= 0.6 is 12.4 Å². The number of halogens is 1. The van der Waals surface area contributed by atoms with Gasteiger partial charge in [-0.3, -0.25) is 9.59 Å². The van der Waals surface area contributed by atoms with E-state index in [1.165, 1.54) is 0 Å². The zero-order chi connectivity index (χ0) is 14.5. The van der Waals surface area contributed by atoms with Crippen LogP contribution in [0.3, 0.4) is 0 Å². The number of carbonyl (C=O) groups excluding carboxylic acids is 2. The molecule has 2 aliphatic heterocycles. The van der Waals surface area contributed by atoms with Gasteiger partial charge in [-0.1, -0.05) is 0 Å². The zero-order valence-electron chi connectivity index (χ0n) is 12.8. The molecule has 2 saturated heterocycles. The van der Waals surface area contributed by atoms with E-state index in [-0.39, 0.29) is 43.0 Å². The number of ether oxygens (including phenoxy) is 1. The molecule has 1 unspecified atom stereocenters. The van der Waals surface area contributed by atoms with Crippen molar-refractivity contribution in [3.8, 4) is 0 Å². The van der Waals surface area contributed by atoms with E-state index in [1.54, 1.807) is 0 Å². The molecule has 0 radical (unpaired) electrons. The van der Waals surface area contributed by atoms with Crippen molar-refractivity contribution in [2.24, 2.45) is 0 Å². The van der Waals surface area contributed by atoms with Crippen LogP contribution in [0, 0.1) is 0 Å². The van der Waals surface area contributed by atoms with Crippen molar-refractivity contribution in [1.82, 2.24) is 15.1 Å². The van der Waals surface area contributed by atoms with Gasteiger partial charge in [0, 0.05) is 32.2 Å². The van der Waals surface area contributed by atoms with E-state index in [0.717, 1.165) is 32.5 Å². The molecule has 2 rings (SSSR count). The van der Waals surface area contributed by atoms with Gasteiger partial charge < -0.3 is 19.9 Å². The Hall–Kier alpha value is -0.850. The molecule has 2 fully saturated rings. The molecule has 1 N–H and O–H groups in total. The Kier molecular flexibility index (Phi) is 7.42. The van der Waals surface area contributed by atoms with E-state index >= 15 is 0 Å². The van der Waals surface area contributed by atoms with Gasteiger partial charge >= 0.3 is 0 Å². The number of rotatable bonds is 4. The molecule has 0 aromatic heterocycles. The second-order valence-corrected chi connectivity index (χ2v) is 5.76. The van der Waals surface area contributed by atoms with Crippen LogP contribution < -0.4 is 5.32 Å². The lowest BCUT2D eigenvalue weighted by atomic mass is 10.0. The molecule has 7 heteroatoms. The quantitative estimate of drug-likeness (QED) is 0.807. The van der Waals surface area contributed by atoms with Crippen molar-refractivity contribution in [1.29, 1.82) is 0 Å². The lowest BCUT2D eigenvalue weighted by Crippen LogP contribution is -2.57. The van der Waals surface area contributed by atoms with Gasteiger partial charge in [-0.2, -0.15) is 0 Å². The molecule has 2 amide bonds. The largest absolute Gasteiger partial charge is 0.369 e. The summed E-state index contributed by atoms with van der Waals surface area (Å²) in [5, 5.41) is 3.08. The third-order valence-corrected chi connectivity index (χ3v) is 3.86. The van der Waals surface area contributed by atoms with Crippen LogP contribution in [0.25, 0.3) is 0 Å². The van der Waals surface area contributed by atoms with Crippen molar-refractivity contribution in [3.05, 3.63) is 0 Å². The number of likely N-dealkylation sites (tertiary alicyclic amines) is 1. The number of piperidine rings is 1. The molecule has 2 aliphatic rings. The minimum Gasteiger partial charge on any atom is -0.369 e. The highest BCUT2D eigenvalue weighted by Gasteiger charge is 2.31. The fourth-order valence-electron chi connectivity index (χ4n) is 2.77. The zero-order valence-corrected chi connectivity index (χ0v) is 13.7. The molecule has 0 aliphatic carbocycles. The molecule has 2 heterocycles. The third kappa shape index (κ3) is 5.13. The summed E-state index contributed by atoms with van der Waals surface area (Å²) in [6, 6.07) is 0.168. The van der Waals surface area contributed by atoms with E-state index in [4.69, 9.17) is 4.74 Å². The van der Waals surface area contributed by atoms with Gasteiger partial charge in [0.1, 0.15) is 6.61 Å². The summed E-state index contributed by atoms with van der Waals surface area (Å²) in [5.74, 6) is 0.181. The lowest BCUT2D eigenvalue weighted by molar-refractivity contribution is -0.143. The van der Waals surface area contributed by atoms with Gasteiger partial charge in [-0.25, -0.2) is 0 Å². The van der Waals surface area contributed by atoms with Gasteiger partial charge in [0.2, 0.25) is 11.8 Å². The Morgan fingerprint density at radius 1 is 1.43 bits per heavy atom. The Bertz CT molecular complexity index is 365. The fraction of sp³-hybridized carbons (Fsp3) is 0.857. The highest BCUT2D eigenvalue weighted by atomic mass is 35.5. The van der Waals surface area contributed by atoms with Gasteiger partial charge in [-0.15, -0.1) is 12.4 Å². The van der Waals surface area contributed by atoms with Gasteiger partial charge in [0.15, 0.2) is 0 Å².